The standard InChI is InChI=1S/C18H18N4O5S/c1-26-14-6-3-11(7-15(14)27-2)9-19-17(23)10-20-18-21-13-5-4-12(22(24)25)8-16(13)28-18/h3-8H,9-10H2,1-2H3,(H,19,23)(H,20,21). The highest BCUT2D eigenvalue weighted by atomic mass is 32.1. The third kappa shape index (κ3) is 4.46. The molecule has 0 saturated carbocycles. The van der Waals surface area contributed by atoms with Crippen molar-refractivity contribution in [3.63, 3.8) is 0 Å². The molecule has 0 unspecified atom stereocenters. The third-order valence-corrected chi connectivity index (χ3v) is 4.90. The molecule has 146 valence electrons. The number of methoxy groups -OCH3 is 2. The Hall–Kier alpha value is -3.40. The van der Waals surface area contributed by atoms with Crippen molar-refractivity contribution in [1.82, 2.24) is 10.3 Å². The molecule has 3 aromatic rings. The van der Waals surface area contributed by atoms with Gasteiger partial charge < -0.3 is 20.1 Å². The second-order valence-electron chi connectivity index (χ2n) is 5.75. The van der Waals surface area contributed by atoms with Crippen LogP contribution in [0.1, 0.15) is 5.56 Å². The van der Waals surface area contributed by atoms with E-state index in [1.807, 2.05) is 6.07 Å². The van der Waals surface area contributed by atoms with E-state index < -0.39 is 4.92 Å². The number of ether oxygens (including phenoxy) is 2. The van der Waals surface area contributed by atoms with Crippen LogP contribution in [0, 0.1) is 10.1 Å². The Bertz CT molecular complexity index is 1020. The summed E-state index contributed by atoms with van der Waals surface area (Å²) in [6.45, 7) is 0.377. The van der Waals surface area contributed by atoms with Crippen LogP contribution in [0.25, 0.3) is 10.2 Å². The number of nitro groups is 1. The van der Waals surface area contributed by atoms with Gasteiger partial charge in [0.2, 0.25) is 5.91 Å². The molecule has 0 spiro atoms. The largest absolute Gasteiger partial charge is 0.493 e. The topological polar surface area (TPSA) is 116 Å². The minimum atomic E-state index is -0.451. The van der Waals surface area contributed by atoms with Crippen molar-refractivity contribution in [2.75, 3.05) is 26.1 Å². The number of non-ortho nitro benzene ring substituents is 1. The lowest BCUT2D eigenvalue weighted by Gasteiger charge is -2.10. The van der Waals surface area contributed by atoms with Crippen LogP contribution in [0.4, 0.5) is 10.8 Å². The molecule has 0 aliphatic rings. The van der Waals surface area contributed by atoms with Crippen molar-refractivity contribution in [2.45, 2.75) is 6.54 Å². The molecule has 1 amide bonds. The van der Waals surface area contributed by atoms with Crippen LogP contribution in [0.5, 0.6) is 11.5 Å². The molecule has 0 aliphatic carbocycles. The van der Waals surface area contributed by atoms with Gasteiger partial charge in [-0.1, -0.05) is 17.4 Å². The molecule has 0 radical (unpaired) electrons. The third-order valence-electron chi connectivity index (χ3n) is 3.92. The molecule has 3 rings (SSSR count). The van der Waals surface area contributed by atoms with Crippen LogP contribution >= 0.6 is 11.3 Å². The van der Waals surface area contributed by atoms with E-state index in [0.717, 1.165) is 5.56 Å². The van der Waals surface area contributed by atoms with Gasteiger partial charge in [-0.2, -0.15) is 0 Å². The Morgan fingerprint density at radius 1 is 1.18 bits per heavy atom. The number of carbonyl (C=O) groups is 1. The summed E-state index contributed by atoms with van der Waals surface area (Å²) in [4.78, 5) is 26.8. The maximum absolute atomic E-state index is 12.1. The second kappa shape index (κ2) is 8.53. The van der Waals surface area contributed by atoms with Gasteiger partial charge in [-0.15, -0.1) is 0 Å². The van der Waals surface area contributed by atoms with Gasteiger partial charge in [0.1, 0.15) is 0 Å². The molecule has 2 aromatic carbocycles. The van der Waals surface area contributed by atoms with Crippen LogP contribution in [0.2, 0.25) is 0 Å². The molecule has 0 saturated heterocycles. The van der Waals surface area contributed by atoms with E-state index in [1.54, 1.807) is 32.4 Å². The first-order valence-corrected chi connectivity index (χ1v) is 9.08. The van der Waals surface area contributed by atoms with Crippen LogP contribution in [-0.2, 0) is 11.3 Å². The fourth-order valence-electron chi connectivity index (χ4n) is 2.51. The maximum Gasteiger partial charge on any atom is 0.270 e. The minimum absolute atomic E-state index is 0.00960. The number of amides is 1. The number of nitrogens with one attached hydrogen (secondary N) is 2. The molecular weight excluding hydrogens is 384 g/mol. The number of nitrogens with zero attached hydrogens (tertiary/aromatic N) is 2. The number of thiazole rings is 1. The summed E-state index contributed by atoms with van der Waals surface area (Å²) in [6, 6.07) is 9.88. The average molecular weight is 402 g/mol. The number of carbonyl (C=O) groups excluding carboxylic acids is 1. The van der Waals surface area contributed by atoms with Crippen molar-refractivity contribution in [3.05, 3.63) is 52.1 Å². The normalized spacial score (nSPS) is 10.5. The Morgan fingerprint density at radius 2 is 1.96 bits per heavy atom. The van der Waals surface area contributed by atoms with E-state index in [2.05, 4.69) is 15.6 Å². The van der Waals surface area contributed by atoms with Crippen molar-refractivity contribution in [3.8, 4) is 11.5 Å². The summed E-state index contributed by atoms with van der Waals surface area (Å²) in [7, 11) is 3.11. The number of nitro benzene ring substituents is 1. The van der Waals surface area contributed by atoms with E-state index in [1.165, 1.54) is 23.5 Å². The lowest BCUT2D eigenvalue weighted by atomic mass is 10.2. The fourth-order valence-corrected chi connectivity index (χ4v) is 3.41. The highest BCUT2D eigenvalue weighted by Gasteiger charge is 2.11. The van der Waals surface area contributed by atoms with E-state index >= 15 is 0 Å². The van der Waals surface area contributed by atoms with E-state index in [0.29, 0.717) is 33.4 Å². The van der Waals surface area contributed by atoms with Crippen LogP contribution < -0.4 is 20.1 Å². The van der Waals surface area contributed by atoms with E-state index in [4.69, 9.17) is 9.47 Å². The van der Waals surface area contributed by atoms with Gasteiger partial charge >= 0.3 is 0 Å². The van der Waals surface area contributed by atoms with Gasteiger partial charge in [-0.3, -0.25) is 14.9 Å². The summed E-state index contributed by atoms with van der Waals surface area (Å²) < 4.78 is 11.1. The first-order valence-electron chi connectivity index (χ1n) is 8.26. The first kappa shape index (κ1) is 19.4. The lowest BCUT2D eigenvalue weighted by Crippen LogP contribution is -2.29. The minimum Gasteiger partial charge on any atom is -0.493 e. The summed E-state index contributed by atoms with van der Waals surface area (Å²) in [5.74, 6) is 1.01. The van der Waals surface area contributed by atoms with E-state index in [-0.39, 0.29) is 18.1 Å². The summed E-state index contributed by atoms with van der Waals surface area (Å²) in [5.41, 5.74) is 1.53. The number of benzene rings is 2. The van der Waals surface area contributed by atoms with Gasteiger partial charge in [0.15, 0.2) is 16.6 Å². The quantitative estimate of drug-likeness (QED) is 0.440. The molecule has 28 heavy (non-hydrogen) atoms. The summed E-state index contributed by atoms with van der Waals surface area (Å²) in [5, 5.41) is 17.1. The molecule has 0 atom stereocenters. The van der Waals surface area contributed by atoms with Gasteiger partial charge in [-0.25, -0.2) is 4.98 Å². The molecule has 0 bridgehead atoms. The number of fused-ring (bicyclic) bond motifs is 1. The highest BCUT2D eigenvalue weighted by molar-refractivity contribution is 7.22. The molecule has 0 aliphatic heterocycles. The van der Waals surface area contributed by atoms with Gasteiger partial charge in [0.05, 0.1) is 35.9 Å². The summed E-state index contributed by atoms with van der Waals surface area (Å²) in [6.07, 6.45) is 0. The lowest BCUT2D eigenvalue weighted by molar-refractivity contribution is -0.384. The molecular formula is C18H18N4O5S. The fraction of sp³-hybridized carbons (Fsp3) is 0.222. The number of hydrogen-bond acceptors (Lipinski definition) is 8. The van der Waals surface area contributed by atoms with Crippen molar-refractivity contribution in [2.24, 2.45) is 0 Å². The molecule has 2 N–H and O–H groups in total. The van der Waals surface area contributed by atoms with Gasteiger partial charge in [-0.05, 0) is 23.8 Å². The molecule has 1 aromatic heterocycles. The molecule has 10 heteroatoms. The predicted molar refractivity (Wildman–Crippen MR) is 106 cm³/mol. The van der Waals surface area contributed by atoms with E-state index in [9.17, 15) is 14.9 Å². The zero-order valence-corrected chi connectivity index (χ0v) is 16.0. The highest BCUT2D eigenvalue weighted by Crippen LogP contribution is 2.29. The zero-order valence-electron chi connectivity index (χ0n) is 15.2. The Balaban J connectivity index is 1.55. The van der Waals surface area contributed by atoms with Crippen LogP contribution in [-0.4, -0.2) is 36.6 Å². The number of rotatable bonds is 8. The van der Waals surface area contributed by atoms with Crippen molar-refractivity contribution < 1.29 is 19.2 Å². The SMILES string of the molecule is COc1ccc(CNC(=O)CNc2nc3ccc([N+](=O)[O-])cc3s2)cc1OC. The summed E-state index contributed by atoms with van der Waals surface area (Å²) >= 11 is 1.26. The van der Waals surface area contributed by atoms with Crippen molar-refractivity contribution >= 4 is 38.3 Å². The zero-order chi connectivity index (χ0) is 20.1. The Morgan fingerprint density at radius 3 is 2.68 bits per heavy atom. The number of hydrogen-bond donors (Lipinski definition) is 2. The Kier molecular flexibility index (Phi) is 5.90. The molecule has 1 heterocycles. The average Bonchev–Trinajstić information content (AvgIpc) is 3.12. The van der Waals surface area contributed by atoms with Gasteiger partial charge in [0, 0.05) is 18.7 Å². The Labute approximate surface area is 164 Å². The van der Waals surface area contributed by atoms with Crippen molar-refractivity contribution in [1.29, 1.82) is 0 Å². The van der Waals surface area contributed by atoms with Gasteiger partial charge in [0.25, 0.3) is 5.69 Å². The number of anilines is 1. The predicted octanol–water partition coefficient (Wildman–Crippen LogP) is 2.95. The number of aromatic nitrogens is 1. The first-order chi connectivity index (χ1) is 13.5. The molecule has 9 nitrogen and oxygen atoms in total. The molecule has 0 fully saturated rings. The second-order valence-corrected chi connectivity index (χ2v) is 6.78. The maximum atomic E-state index is 12.1. The van der Waals surface area contributed by atoms with Crippen LogP contribution in [0.15, 0.2) is 36.4 Å². The smallest absolute Gasteiger partial charge is 0.270 e. The van der Waals surface area contributed by atoms with Crippen LogP contribution in [0.3, 0.4) is 0 Å². The monoisotopic (exact) mass is 402 g/mol.